The quantitative estimate of drug-likeness (QED) is 0.550. The minimum Gasteiger partial charge on any atom is -0.457 e. The second kappa shape index (κ2) is 8.00. The maximum atomic E-state index is 12.4. The second-order valence-electron chi connectivity index (χ2n) is 5.95. The van der Waals surface area contributed by atoms with E-state index in [-0.39, 0.29) is 27.8 Å². The fraction of sp³-hybridized carbons (Fsp3) is 0.100. The maximum Gasteiger partial charge on any atom is 0.573 e. The highest BCUT2D eigenvalue weighted by Gasteiger charge is 2.31. The van der Waals surface area contributed by atoms with Gasteiger partial charge in [-0.05, 0) is 48.9 Å². The monoisotopic (exact) mass is 423 g/mol. The lowest BCUT2D eigenvalue weighted by Gasteiger charge is -2.11. The third-order valence-corrected chi connectivity index (χ3v) is 4.36. The lowest BCUT2D eigenvalue weighted by atomic mass is 10.0. The Kier molecular flexibility index (Phi) is 5.65. The molecule has 0 atom stereocenters. The van der Waals surface area contributed by atoms with Gasteiger partial charge < -0.3 is 14.5 Å². The Morgan fingerprint density at radius 1 is 0.966 bits per heavy atom. The number of hydrogen-bond acceptors (Lipinski definition) is 4. The first-order valence-electron chi connectivity index (χ1n) is 8.19. The summed E-state index contributed by atoms with van der Waals surface area (Å²) in [7, 11) is 0. The van der Waals surface area contributed by atoms with Gasteiger partial charge in [-0.1, -0.05) is 23.7 Å². The molecule has 0 aliphatic heterocycles. The first-order chi connectivity index (χ1) is 13.7. The Morgan fingerprint density at radius 3 is 2.00 bits per heavy atom. The molecule has 3 rings (SSSR count). The van der Waals surface area contributed by atoms with E-state index in [0.29, 0.717) is 23.3 Å². The van der Waals surface area contributed by atoms with Gasteiger partial charge in [0.25, 0.3) is 0 Å². The van der Waals surface area contributed by atoms with Crippen molar-refractivity contribution in [3.8, 4) is 28.4 Å². The number of carbonyl (C=O) groups is 1. The average molecular weight is 424 g/mol. The van der Waals surface area contributed by atoms with Gasteiger partial charge >= 0.3 is 6.36 Å². The predicted molar refractivity (Wildman–Crippen MR) is 101 cm³/mol. The topological polar surface area (TPSA) is 68.4 Å². The lowest BCUT2D eigenvalue weighted by Crippen LogP contribution is -2.16. The molecule has 1 N–H and O–H groups in total. The maximum absolute atomic E-state index is 12.4. The molecule has 0 spiro atoms. The van der Waals surface area contributed by atoms with Crippen molar-refractivity contribution in [1.82, 2.24) is 4.98 Å². The van der Waals surface area contributed by atoms with E-state index in [0.717, 1.165) is 12.1 Å². The van der Waals surface area contributed by atoms with Crippen molar-refractivity contribution in [3.05, 3.63) is 75.2 Å². The van der Waals surface area contributed by atoms with Crippen LogP contribution >= 0.6 is 11.6 Å². The molecule has 1 aromatic heterocycles. The summed E-state index contributed by atoms with van der Waals surface area (Å²) in [6, 6.07) is 11.1. The van der Waals surface area contributed by atoms with Crippen LogP contribution in [0.15, 0.2) is 53.3 Å². The van der Waals surface area contributed by atoms with Crippen molar-refractivity contribution < 1.29 is 27.4 Å². The molecule has 0 saturated carbocycles. The number of aldehydes is 1. The van der Waals surface area contributed by atoms with E-state index >= 15 is 0 Å². The number of aryl methyl sites for hydroxylation is 1. The smallest absolute Gasteiger partial charge is 0.457 e. The SMILES string of the molecule is Cc1[nH]c(C=O)c(-c2ccc(Oc3ccc(OC(F)(F)F)cc3)cc2)c(=O)c1Cl. The Hall–Kier alpha value is -3.26. The Labute approximate surface area is 167 Å². The molecular weight excluding hydrogens is 411 g/mol. The molecule has 2 aromatic carbocycles. The first-order valence-corrected chi connectivity index (χ1v) is 8.57. The van der Waals surface area contributed by atoms with Crippen LogP contribution in [0.5, 0.6) is 17.2 Å². The number of H-pyrrole nitrogens is 1. The number of rotatable bonds is 5. The summed E-state index contributed by atoms with van der Waals surface area (Å²) < 4.78 is 45.9. The molecule has 3 aromatic rings. The average Bonchev–Trinajstić information content (AvgIpc) is 2.67. The molecule has 0 unspecified atom stereocenters. The Balaban J connectivity index is 1.82. The van der Waals surface area contributed by atoms with E-state index in [1.807, 2.05) is 0 Å². The van der Waals surface area contributed by atoms with Crippen LogP contribution in [0.25, 0.3) is 11.1 Å². The molecule has 0 amide bonds. The molecule has 1 heterocycles. The fourth-order valence-corrected chi connectivity index (χ4v) is 2.77. The van der Waals surface area contributed by atoms with Crippen LogP contribution in [0, 0.1) is 6.92 Å². The largest absolute Gasteiger partial charge is 0.573 e. The summed E-state index contributed by atoms with van der Waals surface area (Å²) in [6.07, 6.45) is -4.23. The zero-order valence-corrected chi connectivity index (χ0v) is 15.6. The van der Waals surface area contributed by atoms with Gasteiger partial charge in [-0.25, -0.2) is 0 Å². The van der Waals surface area contributed by atoms with Gasteiger partial charge in [0.15, 0.2) is 6.29 Å². The van der Waals surface area contributed by atoms with Crippen LogP contribution in [0.2, 0.25) is 5.02 Å². The predicted octanol–water partition coefficient (Wildman–Crippen LogP) is 5.51. The number of alkyl halides is 3. The highest BCUT2D eigenvalue weighted by molar-refractivity contribution is 6.31. The van der Waals surface area contributed by atoms with E-state index in [1.165, 1.54) is 12.1 Å². The number of ether oxygens (including phenoxy) is 2. The zero-order valence-electron chi connectivity index (χ0n) is 14.8. The number of nitrogens with one attached hydrogen (secondary N) is 1. The minimum atomic E-state index is -4.77. The summed E-state index contributed by atoms with van der Waals surface area (Å²) >= 11 is 5.99. The van der Waals surface area contributed by atoms with Crippen molar-refractivity contribution in [2.75, 3.05) is 0 Å². The van der Waals surface area contributed by atoms with Crippen LogP contribution in [0.4, 0.5) is 13.2 Å². The number of pyridine rings is 1. The van der Waals surface area contributed by atoms with Crippen LogP contribution in [0.1, 0.15) is 16.2 Å². The van der Waals surface area contributed by atoms with Crippen molar-refractivity contribution in [1.29, 1.82) is 0 Å². The third-order valence-electron chi connectivity index (χ3n) is 3.90. The second-order valence-corrected chi connectivity index (χ2v) is 6.32. The molecular formula is C20H13ClF3NO4. The number of aromatic nitrogens is 1. The molecule has 5 nitrogen and oxygen atoms in total. The lowest BCUT2D eigenvalue weighted by molar-refractivity contribution is -0.274. The first kappa shape index (κ1) is 20.5. The van der Waals surface area contributed by atoms with Crippen LogP contribution in [-0.4, -0.2) is 17.6 Å². The van der Waals surface area contributed by atoms with Gasteiger partial charge in [-0.2, -0.15) is 0 Å². The summed E-state index contributed by atoms with van der Waals surface area (Å²) in [6.45, 7) is 1.59. The van der Waals surface area contributed by atoms with Gasteiger partial charge in [0.05, 0.1) is 11.3 Å². The van der Waals surface area contributed by atoms with E-state index in [4.69, 9.17) is 16.3 Å². The molecule has 0 fully saturated rings. The van der Waals surface area contributed by atoms with Crippen LogP contribution in [-0.2, 0) is 0 Å². The van der Waals surface area contributed by atoms with Gasteiger partial charge in [-0.3, -0.25) is 9.59 Å². The third kappa shape index (κ3) is 4.78. The van der Waals surface area contributed by atoms with Crippen molar-refractivity contribution in [2.24, 2.45) is 0 Å². The Morgan fingerprint density at radius 2 is 1.48 bits per heavy atom. The van der Waals surface area contributed by atoms with E-state index in [9.17, 15) is 22.8 Å². The minimum absolute atomic E-state index is 0.00732. The van der Waals surface area contributed by atoms with Crippen LogP contribution in [0.3, 0.4) is 0 Å². The van der Waals surface area contributed by atoms with Crippen molar-refractivity contribution in [3.63, 3.8) is 0 Å². The number of carbonyl (C=O) groups excluding carboxylic acids is 1. The normalized spacial score (nSPS) is 11.2. The molecule has 0 aliphatic rings. The summed E-state index contributed by atoms with van der Waals surface area (Å²) in [5.41, 5.74) is 0.609. The molecule has 0 aliphatic carbocycles. The van der Waals surface area contributed by atoms with Gasteiger partial charge in [0.2, 0.25) is 5.43 Å². The number of halogens is 4. The summed E-state index contributed by atoms with van der Waals surface area (Å²) in [5, 5.41) is -0.00732. The molecule has 29 heavy (non-hydrogen) atoms. The highest BCUT2D eigenvalue weighted by Crippen LogP contribution is 2.29. The molecule has 0 saturated heterocycles. The van der Waals surface area contributed by atoms with E-state index in [2.05, 4.69) is 9.72 Å². The van der Waals surface area contributed by atoms with Gasteiger partial charge in [0.1, 0.15) is 22.3 Å². The van der Waals surface area contributed by atoms with Crippen molar-refractivity contribution in [2.45, 2.75) is 13.3 Å². The van der Waals surface area contributed by atoms with E-state index < -0.39 is 11.8 Å². The zero-order chi connectivity index (χ0) is 21.2. The number of hydrogen-bond donors (Lipinski definition) is 1. The number of benzene rings is 2. The summed E-state index contributed by atoms with van der Waals surface area (Å²) in [4.78, 5) is 26.5. The van der Waals surface area contributed by atoms with E-state index in [1.54, 1.807) is 31.2 Å². The summed E-state index contributed by atoms with van der Waals surface area (Å²) in [5.74, 6) is 0.301. The van der Waals surface area contributed by atoms with Gasteiger partial charge in [-0.15, -0.1) is 13.2 Å². The fourth-order valence-electron chi connectivity index (χ4n) is 2.63. The van der Waals surface area contributed by atoms with Crippen LogP contribution < -0.4 is 14.9 Å². The number of aromatic amines is 1. The van der Waals surface area contributed by atoms with Crippen molar-refractivity contribution >= 4 is 17.9 Å². The molecule has 150 valence electrons. The molecule has 0 bridgehead atoms. The Bertz CT molecular complexity index is 1090. The molecule has 0 radical (unpaired) electrons. The standard InChI is InChI=1S/C20H13ClF3NO4/c1-11-18(21)19(27)17(16(10-26)25-11)12-2-4-13(5-3-12)28-14-6-8-15(9-7-14)29-20(22,23)24/h2-10H,1H3,(H,25,27). The highest BCUT2D eigenvalue weighted by atomic mass is 35.5. The van der Waals surface area contributed by atoms with Gasteiger partial charge in [0, 0.05) is 5.69 Å². The molecule has 9 heteroatoms.